The number of hydrogen-bond donors (Lipinski definition) is 2. The van der Waals surface area contributed by atoms with Crippen molar-refractivity contribution in [1.82, 2.24) is 34.9 Å². The van der Waals surface area contributed by atoms with Gasteiger partial charge in [-0.15, -0.1) is 0 Å². The summed E-state index contributed by atoms with van der Waals surface area (Å²) in [5.41, 5.74) is 4.54. The zero-order chi connectivity index (χ0) is 21.9. The summed E-state index contributed by atoms with van der Waals surface area (Å²) >= 11 is 0. The number of aromatic nitrogens is 7. The molecule has 0 bridgehead atoms. The van der Waals surface area contributed by atoms with Crippen LogP contribution in [0.15, 0.2) is 60.9 Å². The molecule has 32 heavy (non-hydrogen) atoms. The first-order valence-corrected chi connectivity index (χ1v) is 10.3. The van der Waals surface area contributed by atoms with Crippen molar-refractivity contribution in [2.24, 2.45) is 0 Å². The maximum atomic E-state index is 13.5. The molecule has 2 N–H and O–H groups in total. The van der Waals surface area contributed by atoms with E-state index in [1.165, 1.54) is 18.5 Å². The van der Waals surface area contributed by atoms with Crippen molar-refractivity contribution in [2.45, 2.75) is 19.4 Å². The van der Waals surface area contributed by atoms with Gasteiger partial charge in [0.05, 0.1) is 6.54 Å². The zero-order valence-corrected chi connectivity index (χ0v) is 17.1. The summed E-state index contributed by atoms with van der Waals surface area (Å²) in [7, 11) is 0. The molecule has 5 rings (SSSR count). The Bertz CT molecular complexity index is 1350. The van der Waals surface area contributed by atoms with Crippen LogP contribution in [-0.4, -0.2) is 46.6 Å². The van der Waals surface area contributed by atoms with Gasteiger partial charge in [-0.25, -0.2) is 19.3 Å². The quantitative estimate of drug-likeness (QED) is 0.381. The molecule has 0 aliphatic heterocycles. The van der Waals surface area contributed by atoms with Gasteiger partial charge < -0.3 is 10.1 Å². The number of aryl methyl sites for hydroxylation is 1. The standard InChI is InChI=1S/C23H20FN7O/c24-17-10-8-15(9-11-17)18-20(30-31(29-18)12-4-5-13-32)19-21-23(26-14-25-19)28-22(27-21)16-6-2-1-3-7-16/h1-3,6-11,14,32H,4-5,12-13H2,(H,25,26,27,28). The fourth-order valence-corrected chi connectivity index (χ4v) is 3.52. The number of unbranched alkanes of at least 4 members (excludes halogenated alkanes) is 1. The Kier molecular flexibility index (Phi) is 5.39. The predicted molar refractivity (Wildman–Crippen MR) is 118 cm³/mol. The van der Waals surface area contributed by atoms with E-state index in [1.54, 1.807) is 16.9 Å². The van der Waals surface area contributed by atoms with Gasteiger partial charge in [0.2, 0.25) is 0 Å². The SMILES string of the molecule is OCCCCn1nc(-c2ccc(F)cc2)c(-c2ncnc3nc(-c4ccccc4)[nH]c23)n1. The average molecular weight is 429 g/mol. The zero-order valence-electron chi connectivity index (χ0n) is 17.1. The molecule has 0 saturated heterocycles. The minimum absolute atomic E-state index is 0.113. The molecule has 0 radical (unpaired) electrons. The van der Waals surface area contributed by atoms with Crippen molar-refractivity contribution in [3.63, 3.8) is 0 Å². The highest BCUT2D eigenvalue weighted by atomic mass is 19.1. The molecule has 0 aliphatic carbocycles. The maximum absolute atomic E-state index is 13.5. The molecule has 0 amide bonds. The van der Waals surface area contributed by atoms with Gasteiger partial charge in [-0.2, -0.15) is 15.0 Å². The number of aromatic amines is 1. The Morgan fingerprint density at radius 2 is 1.62 bits per heavy atom. The number of imidazole rings is 1. The second-order valence-electron chi connectivity index (χ2n) is 7.30. The molecule has 8 nitrogen and oxygen atoms in total. The number of aliphatic hydroxyl groups is 1. The van der Waals surface area contributed by atoms with Crippen LogP contribution in [0.1, 0.15) is 12.8 Å². The summed E-state index contributed by atoms with van der Waals surface area (Å²) < 4.78 is 13.5. The van der Waals surface area contributed by atoms with Crippen LogP contribution in [0.4, 0.5) is 4.39 Å². The fraction of sp³-hybridized carbons (Fsp3) is 0.174. The third-order valence-electron chi connectivity index (χ3n) is 5.10. The van der Waals surface area contributed by atoms with Crippen LogP contribution in [-0.2, 0) is 6.54 Å². The van der Waals surface area contributed by atoms with E-state index in [1.807, 2.05) is 30.3 Å². The highest BCUT2D eigenvalue weighted by Gasteiger charge is 2.21. The number of nitrogens with one attached hydrogen (secondary N) is 1. The number of fused-ring (bicyclic) bond motifs is 1. The van der Waals surface area contributed by atoms with Crippen LogP contribution in [0.25, 0.3) is 45.2 Å². The van der Waals surface area contributed by atoms with Gasteiger partial charge >= 0.3 is 0 Å². The molecule has 0 saturated carbocycles. The lowest BCUT2D eigenvalue weighted by Crippen LogP contribution is -2.03. The van der Waals surface area contributed by atoms with E-state index in [2.05, 4.69) is 30.1 Å². The first kappa shape index (κ1) is 20.0. The lowest BCUT2D eigenvalue weighted by atomic mass is 10.1. The van der Waals surface area contributed by atoms with Crippen LogP contribution in [0.3, 0.4) is 0 Å². The van der Waals surface area contributed by atoms with Gasteiger partial charge in [0.25, 0.3) is 0 Å². The minimum Gasteiger partial charge on any atom is -0.396 e. The van der Waals surface area contributed by atoms with Crippen molar-refractivity contribution in [1.29, 1.82) is 0 Å². The van der Waals surface area contributed by atoms with Crippen LogP contribution in [0.5, 0.6) is 0 Å². The van der Waals surface area contributed by atoms with Gasteiger partial charge in [0.15, 0.2) is 5.65 Å². The van der Waals surface area contributed by atoms with Crippen molar-refractivity contribution in [2.75, 3.05) is 6.61 Å². The highest BCUT2D eigenvalue weighted by Crippen LogP contribution is 2.32. The van der Waals surface area contributed by atoms with Crippen LogP contribution in [0.2, 0.25) is 0 Å². The van der Waals surface area contributed by atoms with E-state index in [-0.39, 0.29) is 12.4 Å². The molecule has 0 spiro atoms. The van der Waals surface area contributed by atoms with Crippen molar-refractivity contribution < 1.29 is 9.50 Å². The topological polar surface area (TPSA) is 105 Å². The molecule has 5 aromatic rings. The van der Waals surface area contributed by atoms with E-state index in [0.29, 0.717) is 47.0 Å². The first-order valence-electron chi connectivity index (χ1n) is 10.3. The monoisotopic (exact) mass is 429 g/mol. The van der Waals surface area contributed by atoms with Crippen molar-refractivity contribution >= 4 is 11.2 Å². The van der Waals surface area contributed by atoms with Gasteiger partial charge in [-0.05, 0) is 37.1 Å². The number of halogens is 1. The minimum atomic E-state index is -0.323. The molecule has 0 atom stereocenters. The smallest absolute Gasteiger partial charge is 0.181 e. The van der Waals surface area contributed by atoms with Gasteiger partial charge in [-0.1, -0.05) is 30.3 Å². The summed E-state index contributed by atoms with van der Waals surface area (Å²) in [4.78, 5) is 18.3. The molecule has 0 aliphatic rings. The normalized spacial score (nSPS) is 11.3. The largest absolute Gasteiger partial charge is 0.396 e. The molecular weight excluding hydrogens is 409 g/mol. The van der Waals surface area contributed by atoms with Crippen molar-refractivity contribution in [3.05, 3.63) is 66.7 Å². The predicted octanol–water partition coefficient (Wildman–Crippen LogP) is 3.86. The summed E-state index contributed by atoms with van der Waals surface area (Å²) in [6.45, 7) is 0.656. The van der Waals surface area contributed by atoms with E-state index in [9.17, 15) is 4.39 Å². The molecule has 2 aromatic carbocycles. The molecule has 3 aromatic heterocycles. The molecule has 3 heterocycles. The fourth-order valence-electron chi connectivity index (χ4n) is 3.52. The Balaban J connectivity index is 1.64. The highest BCUT2D eigenvalue weighted by molar-refractivity contribution is 5.91. The van der Waals surface area contributed by atoms with E-state index in [0.717, 1.165) is 17.5 Å². The van der Waals surface area contributed by atoms with Gasteiger partial charge in [-0.3, -0.25) is 0 Å². The van der Waals surface area contributed by atoms with E-state index < -0.39 is 0 Å². The van der Waals surface area contributed by atoms with Crippen LogP contribution in [0, 0.1) is 5.82 Å². The molecule has 0 fully saturated rings. The number of benzene rings is 2. The van der Waals surface area contributed by atoms with Crippen LogP contribution < -0.4 is 0 Å². The summed E-state index contributed by atoms with van der Waals surface area (Å²) in [5, 5.41) is 18.4. The molecular formula is C23H20FN7O. The maximum Gasteiger partial charge on any atom is 0.181 e. The Morgan fingerprint density at radius 1 is 0.844 bits per heavy atom. The van der Waals surface area contributed by atoms with Gasteiger partial charge in [0, 0.05) is 17.7 Å². The Morgan fingerprint density at radius 3 is 2.41 bits per heavy atom. The van der Waals surface area contributed by atoms with Crippen LogP contribution >= 0.6 is 0 Å². The molecule has 160 valence electrons. The summed E-state index contributed by atoms with van der Waals surface area (Å²) in [6, 6.07) is 15.9. The third kappa shape index (κ3) is 3.85. The summed E-state index contributed by atoms with van der Waals surface area (Å²) in [6.07, 6.45) is 2.84. The number of rotatable bonds is 7. The Hall–Kier alpha value is -3.98. The van der Waals surface area contributed by atoms with E-state index >= 15 is 0 Å². The Labute approximate surface area is 182 Å². The number of hydrogen-bond acceptors (Lipinski definition) is 6. The number of aliphatic hydroxyl groups excluding tert-OH is 1. The first-order chi connectivity index (χ1) is 15.7. The third-order valence-corrected chi connectivity index (χ3v) is 5.10. The molecule has 0 unspecified atom stereocenters. The number of nitrogens with zero attached hydrogens (tertiary/aromatic N) is 6. The summed E-state index contributed by atoms with van der Waals surface area (Å²) in [5.74, 6) is 0.358. The second-order valence-corrected chi connectivity index (χ2v) is 7.30. The lowest BCUT2D eigenvalue weighted by molar-refractivity contribution is 0.278. The number of H-pyrrole nitrogens is 1. The van der Waals surface area contributed by atoms with Crippen molar-refractivity contribution in [3.8, 4) is 34.0 Å². The van der Waals surface area contributed by atoms with Gasteiger partial charge in [0.1, 0.15) is 40.6 Å². The molecule has 9 heteroatoms. The van der Waals surface area contributed by atoms with E-state index in [4.69, 9.17) is 5.11 Å². The lowest BCUT2D eigenvalue weighted by Gasteiger charge is -2.01. The average Bonchev–Trinajstić information content (AvgIpc) is 3.45. The second kappa shape index (κ2) is 8.64.